The molecule has 7 heteroatoms. The highest BCUT2D eigenvalue weighted by molar-refractivity contribution is 5.56. The molecular formula is C12H18N6O. The Morgan fingerprint density at radius 2 is 2.11 bits per heavy atom. The van der Waals surface area contributed by atoms with Gasteiger partial charge in [0.15, 0.2) is 0 Å². The van der Waals surface area contributed by atoms with Crippen LogP contribution in [0.4, 0.5) is 11.6 Å². The molecule has 19 heavy (non-hydrogen) atoms. The summed E-state index contributed by atoms with van der Waals surface area (Å²) in [6.07, 6.45) is 3.31. The molecule has 0 amide bonds. The molecule has 7 nitrogen and oxygen atoms in total. The molecular weight excluding hydrogens is 244 g/mol. The van der Waals surface area contributed by atoms with Crippen molar-refractivity contribution in [1.82, 2.24) is 15.1 Å². The first-order chi connectivity index (χ1) is 9.24. The van der Waals surface area contributed by atoms with Crippen molar-refractivity contribution in [3.05, 3.63) is 29.4 Å². The van der Waals surface area contributed by atoms with Gasteiger partial charge in [0.2, 0.25) is 0 Å². The summed E-state index contributed by atoms with van der Waals surface area (Å²) in [4.78, 5) is 8.37. The lowest BCUT2D eigenvalue weighted by atomic mass is 10.1. The van der Waals surface area contributed by atoms with E-state index in [4.69, 9.17) is 10.4 Å². The highest BCUT2D eigenvalue weighted by Gasteiger charge is 2.10. The van der Waals surface area contributed by atoms with Gasteiger partial charge in [0.05, 0.1) is 6.54 Å². The van der Waals surface area contributed by atoms with Crippen LogP contribution in [-0.4, -0.2) is 15.1 Å². The summed E-state index contributed by atoms with van der Waals surface area (Å²) < 4.78 is 5.02. The van der Waals surface area contributed by atoms with E-state index in [1.807, 2.05) is 13.0 Å². The summed E-state index contributed by atoms with van der Waals surface area (Å²) in [7, 11) is 0. The maximum Gasteiger partial charge on any atom is 0.148 e. The number of hydrogen-bond acceptors (Lipinski definition) is 7. The molecule has 2 heterocycles. The van der Waals surface area contributed by atoms with Crippen LogP contribution in [0.3, 0.4) is 0 Å². The maximum absolute atomic E-state index is 5.47. The van der Waals surface area contributed by atoms with E-state index in [9.17, 15) is 0 Å². The van der Waals surface area contributed by atoms with E-state index >= 15 is 0 Å². The van der Waals surface area contributed by atoms with Gasteiger partial charge in [-0.15, -0.1) is 0 Å². The molecule has 0 atom stereocenters. The van der Waals surface area contributed by atoms with Crippen molar-refractivity contribution in [3.8, 4) is 0 Å². The number of nitrogen functional groups attached to an aromatic ring is 1. The van der Waals surface area contributed by atoms with Crippen LogP contribution in [0.1, 0.15) is 30.4 Å². The van der Waals surface area contributed by atoms with E-state index in [0.29, 0.717) is 12.4 Å². The SMILES string of the molecule is CCCc1c(NN)ncnc1NCc1cc(C)on1. The van der Waals surface area contributed by atoms with E-state index in [1.54, 1.807) is 0 Å². The van der Waals surface area contributed by atoms with Gasteiger partial charge in [-0.05, 0) is 13.3 Å². The second-order valence-corrected chi connectivity index (χ2v) is 4.23. The average molecular weight is 262 g/mol. The van der Waals surface area contributed by atoms with Gasteiger partial charge in [-0.3, -0.25) is 0 Å². The first-order valence-corrected chi connectivity index (χ1v) is 6.21. The quantitative estimate of drug-likeness (QED) is 0.537. The second-order valence-electron chi connectivity index (χ2n) is 4.23. The summed E-state index contributed by atoms with van der Waals surface area (Å²) in [5.74, 6) is 7.67. The summed E-state index contributed by atoms with van der Waals surface area (Å²) in [5, 5.41) is 7.16. The standard InChI is InChI=1S/C12H18N6O/c1-3-4-10-11(15-7-16-12(10)17-13)14-6-9-5-8(2)19-18-9/h5,7H,3-4,6,13H2,1-2H3,(H2,14,15,16,17). The lowest BCUT2D eigenvalue weighted by molar-refractivity contribution is 0.391. The van der Waals surface area contributed by atoms with Crippen molar-refractivity contribution < 1.29 is 4.52 Å². The summed E-state index contributed by atoms with van der Waals surface area (Å²) in [5.41, 5.74) is 4.41. The minimum Gasteiger partial charge on any atom is -0.364 e. The van der Waals surface area contributed by atoms with Crippen molar-refractivity contribution in [2.75, 3.05) is 10.7 Å². The molecule has 0 unspecified atom stereocenters. The fourth-order valence-electron chi connectivity index (χ4n) is 1.85. The average Bonchev–Trinajstić information content (AvgIpc) is 2.83. The van der Waals surface area contributed by atoms with Crippen molar-refractivity contribution in [2.45, 2.75) is 33.2 Å². The summed E-state index contributed by atoms with van der Waals surface area (Å²) >= 11 is 0. The van der Waals surface area contributed by atoms with Crippen molar-refractivity contribution in [1.29, 1.82) is 0 Å². The molecule has 2 aromatic rings. The minimum absolute atomic E-state index is 0.551. The Labute approximate surface area is 111 Å². The van der Waals surface area contributed by atoms with Crippen LogP contribution < -0.4 is 16.6 Å². The third-order valence-corrected chi connectivity index (χ3v) is 2.70. The number of nitrogens with zero attached hydrogens (tertiary/aromatic N) is 3. The Kier molecular flexibility index (Phi) is 4.30. The zero-order chi connectivity index (χ0) is 13.7. The number of nitrogens with two attached hydrogens (primary N) is 1. The van der Waals surface area contributed by atoms with Gasteiger partial charge >= 0.3 is 0 Å². The first-order valence-electron chi connectivity index (χ1n) is 6.21. The van der Waals surface area contributed by atoms with Gasteiger partial charge in [0, 0.05) is 11.6 Å². The predicted molar refractivity (Wildman–Crippen MR) is 72.4 cm³/mol. The van der Waals surface area contributed by atoms with Gasteiger partial charge in [-0.2, -0.15) is 0 Å². The van der Waals surface area contributed by atoms with E-state index in [2.05, 4.69) is 32.8 Å². The smallest absolute Gasteiger partial charge is 0.148 e. The number of rotatable bonds is 6. The number of hydrazine groups is 1. The summed E-state index contributed by atoms with van der Waals surface area (Å²) in [6.45, 7) is 4.51. The third-order valence-electron chi connectivity index (χ3n) is 2.70. The highest BCUT2D eigenvalue weighted by atomic mass is 16.5. The Hall–Kier alpha value is -2.15. The monoisotopic (exact) mass is 262 g/mol. The molecule has 0 aliphatic carbocycles. The normalized spacial score (nSPS) is 10.5. The second kappa shape index (κ2) is 6.14. The van der Waals surface area contributed by atoms with Gasteiger partial charge < -0.3 is 15.3 Å². The third kappa shape index (κ3) is 3.19. The van der Waals surface area contributed by atoms with Gasteiger partial charge in [-0.25, -0.2) is 15.8 Å². The molecule has 4 N–H and O–H groups in total. The number of aromatic nitrogens is 3. The van der Waals surface area contributed by atoms with Crippen LogP contribution in [0.25, 0.3) is 0 Å². The zero-order valence-electron chi connectivity index (χ0n) is 11.1. The van der Waals surface area contributed by atoms with Crippen LogP contribution in [0, 0.1) is 6.92 Å². The fraction of sp³-hybridized carbons (Fsp3) is 0.417. The highest BCUT2D eigenvalue weighted by Crippen LogP contribution is 2.21. The molecule has 0 bridgehead atoms. The molecule has 2 aromatic heterocycles. The molecule has 102 valence electrons. The maximum atomic E-state index is 5.47. The molecule has 0 aliphatic rings. The Bertz CT molecular complexity index is 539. The first kappa shape index (κ1) is 13.3. The van der Waals surface area contributed by atoms with Crippen molar-refractivity contribution in [3.63, 3.8) is 0 Å². The number of anilines is 2. The van der Waals surface area contributed by atoms with Gasteiger partial charge in [-0.1, -0.05) is 18.5 Å². The van der Waals surface area contributed by atoms with Crippen LogP contribution in [0.15, 0.2) is 16.9 Å². The lowest BCUT2D eigenvalue weighted by Crippen LogP contribution is -2.14. The predicted octanol–water partition coefficient (Wildman–Crippen LogP) is 1.62. The molecule has 0 radical (unpaired) electrons. The zero-order valence-corrected chi connectivity index (χ0v) is 11.1. The van der Waals surface area contributed by atoms with E-state index in [-0.39, 0.29) is 0 Å². The molecule has 0 saturated heterocycles. The Morgan fingerprint density at radius 1 is 1.32 bits per heavy atom. The number of nitrogens with one attached hydrogen (secondary N) is 2. The molecule has 0 fully saturated rings. The Morgan fingerprint density at radius 3 is 2.74 bits per heavy atom. The van der Waals surface area contributed by atoms with Gasteiger partial charge in [0.1, 0.15) is 29.4 Å². The number of hydrogen-bond donors (Lipinski definition) is 3. The molecule has 0 saturated carbocycles. The van der Waals surface area contributed by atoms with Crippen LogP contribution in [0.5, 0.6) is 0 Å². The summed E-state index contributed by atoms with van der Waals surface area (Å²) in [6, 6.07) is 1.88. The topological polar surface area (TPSA) is 102 Å². The minimum atomic E-state index is 0.551. The molecule has 0 spiro atoms. The van der Waals surface area contributed by atoms with Crippen LogP contribution >= 0.6 is 0 Å². The van der Waals surface area contributed by atoms with E-state index < -0.39 is 0 Å². The fourth-order valence-corrected chi connectivity index (χ4v) is 1.85. The van der Waals surface area contributed by atoms with Gasteiger partial charge in [0.25, 0.3) is 0 Å². The van der Waals surface area contributed by atoms with Crippen LogP contribution in [-0.2, 0) is 13.0 Å². The Balaban J connectivity index is 2.14. The molecule has 0 aliphatic heterocycles. The largest absolute Gasteiger partial charge is 0.364 e. The van der Waals surface area contributed by atoms with Crippen LogP contribution in [0.2, 0.25) is 0 Å². The van der Waals surface area contributed by atoms with Crippen molar-refractivity contribution >= 4 is 11.6 Å². The molecule has 0 aromatic carbocycles. The number of aryl methyl sites for hydroxylation is 1. The van der Waals surface area contributed by atoms with Crippen molar-refractivity contribution in [2.24, 2.45) is 5.84 Å². The molecule has 2 rings (SSSR count). The van der Waals surface area contributed by atoms with E-state index in [0.717, 1.165) is 35.7 Å². The van der Waals surface area contributed by atoms with E-state index in [1.165, 1.54) is 6.33 Å². The lowest BCUT2D eigenvalue weighted by Gasteiger charge is -2.12.